The second-order valence-corrected chi connectivity index (χ2v) is 10.2. The van der Waals surface area contributed by atoms with Crippen LogP contribution in [-0.2, 0) is 10.0 Å². The molecule has 162 valence electrons. The van der Waals surface area contributed by atoms with E-state index in [1.807, 2.05) is 30.3 Å². The molecule has 4 rings (SSSR count). The second-order valence-electron chi connectivity index (χ2n) is 8.09. The molecule has 2 aliphatic rings. The van der Waals surface area contributed by atoms with Crippen molar-refractivity contribution < 1.29 is 17.7 Å². The first kappa shape index (κ1) is 21.0. The van der Waals surface area contributed by atoms with Crippen LogP contribution in [-0.4, -0.2) is 55.2 Å². The number of nitrogens with one attached hydrogen (secondary N) is 1. The lowest BCUT2D eigenvalue weighted by molar-refractivity contribution is 0.0905. The van der Waals surface area contributed by atoms with Gasteiger partial charge in [0.2, 0.25) is 10.0 Å². The smallest absolute Gasteiger partial charge is 0.273 e. The van der Waals surface area contributed by atoms with Crippen LogP contribution in [0, 0.1) is 0 Å². The molecule has 3 N–H and O–H groups in total. The molecule has 1 aromatic carbocycles. The molecular weight excluding hydrogens is 404 g/mol. The molecule has 8 nitrogen and oxygen atoms in total. The molecule has 2 unspecified atom stereocenters. The number of piperidine rings is 1. The van der Waals surface area contributed by atoms with Gasteiger partial charge in [-0.3, -0.25) is 4.79 Å². The van der Waals surface area contributed by atoms with Crippen molar-refractivity contribution in [2.45, 2.75) is 43.6 Å². The predicted molar refractivity (Wildman–Crippen MR) is 113 cm³/mol. The van der Waals surface area contributed by atoms with Gasteiger partial charge in [-0.15, -0.1) is 0 Å². The highest BCUT2D eigenvalue weighted by molar-refractivity contribution is 7.89. The van der Waals surface area contributed by atoms with Crippen LogP contribution in [0.4, 0.5) is 0 Å². The predicted octanol–water partition coefficient (Wildman–Crippen LogP) is 1.82. The number of hydrogen-bond acceptors (Lipinski definition) is 6. The van der Waals surface area contributed by atoms with Gasteiger partial charge in [0.05, 0.1) is 5.75 Å². The lowest BCUT2D eigenvalue weighted by Crippen LogP contribution is -2.51. The Morgan fingerprint density at radius 2 is 2.00 bits per heavy atom. The van der Waals surface area contributed by atoms with E-state index in [1.54, 1.807) is 6.07 Å². The minimum absolute atomic E-state index is 0.0465. The van der Waals surface area contributed by atoms with Crippen LogP contribution in [0.1, 0.15) is 59.3 Å². The third kappa shape index (κ3) is 4.74. The first-order valence-corrected chi connectivity index (χ1v) is 12.1. The summed E-state index contributed by atoms with van der Waals surface area (Å²) in [6.07, 6.45) is 3.11. The zero-order chi connectivity index (χ0) is 21.1. The maximum atomic E-state index is 12.8. The Morgan fingerprint density at radius 1 is 1.23 bits per heavy atom. The summed E-state index contributed by atoms with van der Waals surface area (Å²) in [6, 6.07) is 11.2. The molecule has 0 bridgehead atoms. The molecular formula is C21H28N4O4S. The molecule has 1 saturated carbocycles. The summed E-state index contributed by atoms with van der Waals surface area (Å²) in [5.74, 6) is 0.770. The highest BCUT2D eigenvalue weighted by Gasteiger charge is 2.37. The number of nitrogens with two attached hydrogens (primary N) is 1. The van der Waals surface area contributed by atoms with E-state index in [1.165, 1.54) is 4.31 Å². The molecule has 1 saturated heterocycles. The lowest BCUT2D eigenvalue weighted by Gasteiger charge is -2.38. The average Bonchev–Trinajstić information content (AvgIpc) is 3.49. The Labute approximate surface area is 176 Å². The summed E-state index contributed by atoms with van der Waals surface area (Å²) in [4.78, 5) is 12.8. The summed E-state index contributed by atoms with van der Waals surface area (Å²) in [7, 11) is -3.38. The number of benzene rings is 1. The summed E-state index contributed by atoms with van der Waals surface area (Å²) in [6.45, 7) is 1.04. The number of sulfonamides is 1. The number of carbonyl (C=O) groups excluding carboxylic acids is 1. The molecule has 2 aromatic rings. The van der Waals surface area contributed by atoms with Gasteiger partial charge in [0.15, 0.2) is 5.69 Å². The molecule has 0 radical (unpaired) electrons. The van der Waals surface area contributed by atoms with Crippen LogP contribution in [0.15, 0.2) is 40.9 Å². The van der Waals surface area contributed by atoms with Gasteiger partial charge in [-0.2, -0.15) is 0 Å². The maximum Gasteiger partial charge on any atom is 0.273 e. The third-order valence-electron chi connectivity index (χ3n) is 5.86. The van der Waals surface area contributed by atoms with Gasteiger partial charge in [0.1, 0.15) is 5.76 Å². The van der Waals surface area contributed by atoms with Crippen molar-refractivity contribution in [3.63, 3.8) is 0 Å². The summed E-state index contributed by atoms with van der Waals surface area (Å²) < 4.78 is 32.2. The van der Waals surface area contributed by atoms with Gasteiger partial charge >= 0.3 is 0 Å². The summed E-state index contributed by atoms with van der Waals surface area (Å²) in [5, 5.41) is 6.99. The standard InChI is InChI=1S/C21H28N4O4S/c22-10-4-12-30(27,28)25-11-9-18(17(14-25)15-5-2-1-3-6-15)23-21(26)19-13-20(29-24-19)16-7-8-16/h1-3,5-6,13,16-18H,4,7-12,14,22H2,(H,23,26). The van der Waals surface area contributed by atoms with E-state index in [0.717, 1.165) is 24.2 Å². The van der Waals surface area contributed by atoms with Crippen molar-refractivity contribution >= 4 is 15.9 Å². The van der Waals surface area contributed by atoms with Crippen LogP contribution < -0.4 is 11.1 Å². The van der Waals surface area contributed by atoms with E-state index in [2.05, 4.69) is 10.5 Å². The first-order chi connectivity index (χ1) is 14.5. The Kier molecular flexibility index (Phi) is 6.21. The molecule has 1 aliphatic carbocycles. The molecule has 2 heterocycles. The molecule has 1 aliphatic heterocycles. The van der Waals surface area contributed by atoms with Crippen LogP contribution in [0.3, 0.4) is 0 Å². The van der Waals surface area contributed by atoms with E-state index in [-0.39, 0.29) is 29.3 Å². The normalized spacial score (nSPS) is 22.7. The van der Waals surface area contributed by atoms with Gasteiger partial charge < -0.3 is 15.6 Å². The van der Waals surface area contributed by atoms with Crippen LogP contribution in [0.2, 0.25) is 0 Å². The molecule has 30 heavy (non-hydrogen) atoms. The van der Waals surface area contributed by atoms with Gasteiger partial charge in [0, 0.05) is 37.0 Å². The van der Waals surface area contributed by atoms with Crippen LogP contribution in [0.5, 0.6) is 0 Å². The Bertz CT molecular complexity index is 972. The average molecular weight is 433 g/mol. The number of rotatable bonds is 8. The Hall–Kier alpha value is -2.23. The van der Waals surface area contributed by atoms with Crippen molar-refractivity contribution in [1.29, 1.82) is 0 Å². The minimum Gasteiger partial charge on any atom is -0.360 e. The van der Waals surface area contributed by atoms with E-state index in [4.69, 9.17) is 10.3 Å². The number of carbonyl (C=O) groups is 1. The van der Waals surface area contributed by atoms with Crippen molar-refractivity contribution in [2.75, 3.05) is 25.4 Å². The minimum atomic E-state index is -3.38. The zero-order valence-corrected chi connectivity index (χ0v) is 17.7. The lowest BCUT2D eigenvalue weighted by atomic mass is 9.87. The fourth-order valence-corrected chi connectivity index (χ4v) is 5.54. The van der Waals surface area contributed by atoms with E-state index in [9.17, 15) is 13.2 Å². The van der Waals surface area contributed by atoms with E-state index >= 15 is 0 Å². The van der Waals surface area contributed by atoms with Gasteiger partial charge in [-0.05, 0) is 37.8 Å². The highest BCUT2D eigenvalue weighted by atomic mass is 32.2. The van der Waals surface area contributed by atoms with E-state index in [0.29, 0.717) is 38.4 Å². The van der Waals surface area contributed by atoms with Crippen molar-refractivity contribution in [1.82, 2.24) is 14.8 Å². The molecule has 1 aromatic heterocycles. The number of aromatic nitrogens is 1. The summed E-state index contributed by atoms with van der Waals surface area (Å²) in [5.41, 5.74) is 6.78. The fraction of sp³-hybridized carbons (Fsp3) is 0.524. The maximum absolute atomic E-state index is 12.8. The van der Waals surface area contributed by atoms with Crippen LogP contribution in [0.25, 0.3) is 0 Å². The van der Waals surface area contributed by atoms with Crippen LogP contribution >= 0.6 is 0 Å². The van der Waals surface area contributed by atoms with Crippen molar-refractivity contribution in [3.05, 3.63) is 53.4 Å². The molecule has 2 atom stereocenters. The molecule has 2 fully saturated rings. The zero-order valence-electron chi connectivity index (χ0n) is 16.9. The fourth-order valence-electron chi connectivity index (χ4n) is 3.98. The topological polar surface area (TPSA) is 119 Å². The number of nitrogens with zero attached hydrogens (tertiary/aromatic N) is 2. The monoisotopic (exact) mass is 432 g/mol. The van der Waals surface area contributed by atoms with E-state index < -0.39 is 10.0 Å². The van der Waals surface area contributed by atoms with Gasteiger partial charge in [-0.25, -0.2) is 12.7 Å². The molecule has 1 amide bonds. The summed E-state index contributed by atoms with van der Waals surface area (Å²) >= 11 is 0. The first-order valence-electron chi connectivity index (χ1n) is 10.5. The second kappa shape index (κ2) is 8.87. The van der Waals surface area contributed by atoms with Crippen molar-refractivity contribution in [2.24, 2.45) is 5.73 Å². The Balaban J connectivity index is 1.50. The quantitative estimate of drug-likeness (QED) is 0.657. The van der Waals surface area contributed by atoms with Gasteiger partial charge in [-0.1, -0.05) is 35.5 Å². The number of amides is 1. The Morgan fingerprint density at radius 3 is 2.70 bits per heavy atom. The molecule has 9 heteroatoms. The third-order valence-corrected chi connectivity index (χ3v) is 7.78. The largest absolute Gasteiger partial charge is 0.360 e. The highest BCUT2D eigenvalue weighted by Crippen LogP contribution is 2.40. The van der Waals surface area contributed by atoms with Gasteiger partial charge in [0.25, 0.3) is 5.91 Å². The number of hydrogen-bond donors (Lipinski definition) is 2. The molecule has 0 spiro atoms. The SMILES string of the molecule is NCCCS(=O)(=O)N1CCC(NC(=O)c2cc(C3CC3)on2)C(c2ccccc2)C1. The van der Waals surface area contributed by atoms with Crippen molar-refractivity contribution in [3.8, 4) is 0 Å².